The van der Waals surface area contributed by atoms with E-state index in [0.29, 0.717) is 19.1 Å². The maximum absolute atomic E-state index is 13.2. The number of aryl methyl sites for hydroxylation is 1. The Bertz CT molecular complexity index is 536. The number of hydrogen-bond donors (Lipinski definition) is 2. The lowest BCUT2D eigenvalue weighted by Gasteiger charge is -2.11. The van der Waals surface area contributed by atoms with Crippen molar-refractivity contribution in [2.24, 2.45) is 5.73 Å². The second-order valence-corrected chi connectivity index (χ2v) is 4.65. The van der Waals surface area contributed by atoms with Crippen LogP contribution in [0.3, 0.4) is 0 Å². The van der Waals surface area contributed by atoms with Crippen molar-refractivity contribution in [1.29, 1.82) is 0 Å². The largest absolute Gasteiger partial charge is 0.459 e. The quantitative estimate of drug-likeness (QED) is 0.857. The first-order chi connectivity index (χ1) is 8.61. The van der Waals surface area contributed by atoms with Crippen molar-refractivity contribution < 1.29 is 8.81 Å². The van der Waals surface area contributed by atoms with E-state index >= 15 is 0 Å². The molecule has 1 atom stereocenters. The molecular weight excluding hydrogens is 231 g/mol. The number of nitrogens with one attached hydrogen (secondary N) is 1. The van der Waals surface area contributed by atoms with Gasteiger partial charge < -0.3 is 15.5 Å². The number of furan rings is 1. The number of nitrogens with two attached hydrogens (primary N) is 1. The van der Waals surface area contributed by atoms with Crippen LogP contribution in [0.25, 0.3) is 11.0 Å². The molecule has 2 rings (SSSR count). The Hall–Kier alpha value is -1.39. The fraction of sp³-hybridized carbons (Fsp3) is 0.429. The average Bonchev–Trinajstić information content (AvgIpc) is 2.64. The lowest BCUT2D eigenvalue weighted by molar-refractivity contribution is 0.459. The van der Waals surface area contributed by atoms with Gasteiger partial charge in [-0.1, -0.05) is 0 Å². The summed E-state index contributed by atoms with van der Waals surface area (Å²) in [7, 11) is 0. The van der Waals surface area contributed by atoms with Gasteiger partial charge in [-0.2, -0.15) is 0 Å². The van der Waals surface area contributed by atoms with Gasteiger partial charge in [0.25, 0.3) is 0 Å². The van der Waals surface area contributed by atoms with Crippen molar-refractivity contribution in [1.82, 2.24) is 5.32 Å². The maximum atomic E-state index is 13.2. The van der Waals surface area contributed by atoms with E-state index in [0.717, 1.165) is 28.7 Å². The summed E-state index contributed by atoms with van der Waals surface area (Å²) in [6.45, 7) is 5.35. The van der Waals surface area contributed by atoms with Crippen LogP contribution >= 0.6 is 0 Å². The predicted octanol–water partition coefficient (Wildman–Crippen LogP) is 2.71. The van der Waals surface area contributed by atoms with Crippen molar-refractivity contribution in [3.63, 3.8) is 0 Å². The second-order valence-electron chi connectivity index (χ2n) is 4.65. The number of benzene rings is 1. The first-order valence-corrected chi connectivity index (χ1v) is 6.22. The molecule has 0 aliphatic rings. The third-order valence-corrected chi connectivity index (χ3v) is 3.21. The monoisotopic (exact) mass is 250 g/mol. The molecule has 3 nitrogen and oxygen atoms in total. The molecule has 1 aromatic heterocycles. The van der Waals surface area contributed by atoms with E-state index in [-0.39, 0.29) is 5.82 Å². The molecule has 0 aliphatic heterocycles. The summed E-state index contributed by atoms with van der Waals surface area (Å²) in [5.41, 5.74) is 7.23. The normalized spacial score (nSPS) is 13.1. The number of hydrogen-bond acceptors (Lipinski definition) is 3. The summed E-state index contributed by atoms with van der Waals surface area (Å²) in [4.78, 5) is 0. The van der Waals surface area contributed by atoms with E-state index in [1.165, 1.54) is 12.1 Å². The van der Waals surface area contributed by atoms with E-state index in [1.807, 2.05) is 6.92 Å². The molecule has 4 heteroatoms. The Morgan fingerprint density at radius 1 is 1.44 bits per heavy atom. The standard InChI is InChI=1S/C14H19FN2O/c1-9(5-6-16)17-8-14-10(2)12-7-11(15)3-4-13(12)18-14/h3-4,7,9,17H,5-6,8,16H2,1-2H3. The summed E-state index contributed by atoms with van der Waals surface area (Å²) in [6, 6.07) is 4.95. The van der Waals surface area contributed by atoms with Crippen LogP contribution in [0, 0.1) is 12.7 Å². The van der Waals surface area contributed by atoms with E-state index in [2.05, 4.69) is 12.2 Å². The van der Waals surface area contributed by atoms with Gasteiger partial charge in [-0.3, -0.25) is 0 Å². The fourth-order valence-electron chi connectivity index (χ4n) is 2.03. The van der Waals surface area contributed by atoms with Crippen molar-refractivity contribution in [3.8, 4) is 0 Å². The summed E-state index contributed by atoms with van der Waals surface area (Å²) < 4.78 is 18.9. The van der Waals surface area contributed by atoms with Crippen molar-refractivity contribution in [3.05, 3.63) is 35.3 Å². The molecule has 2 aromatic rings. The van der Waals surface area contributed by atoms with Crippen LogP contribution < -0.4 is 11.1 Å². The summed E-state index contributed by atoms with van der Waals surface area (Å²) in [5, 5.41) is 4.19. The van der Waals surface area contributed by atoms with E-state index in [4.69, 9.17) is 10.2 Å². The van der Waals surface area contributed by atoms with Gasteiger partial charge in [0.05, 0.1) is 6.54 Å². The molecule has 1 heterocycles. The van der Waals surface area contributed by atoms with Crippen molar-refractivity contribution >= 4 is 11.0 Å². The van der Waals surface area contributed by atoms with Gasteiger partial charge in [0.1, 0.15) is 17.2 Å². The van der Waals surface area contributed by atoms with E-state index < -0.39 is 0 Å². The van der Waals surface area contributed by atoms with Gasteiger partial charge in [0.2, 0.25) is 0 Å². The minimum atomic E-state index is -0.234. The van der Waals surface area contributed by atoms with Gasteiger partial charge in [0.15, 0.2) is 0 Å². The van der Waals surface area contributed by atoms with Crippen LogP contribution in [0.5, 0.6) is 0 Å². The lowest BCUT2D eigenvalue weighted by atomic mass is 10.1. The molecule has 18 heavy (non-hydrogen) atoms. The Morgan fingerprint density at radius 2 is 2.22 bits per heavy atom. The minimum Gasteiger partial charge on any atom is -0.459 e. The smallest absolute Gasteiger partial charge is 0.134 e. The van der Waals surface area contributed by atoms with Gasteiger partial charge in [-0.25, -0.2) is 4.39 Å². The molecule has 0 saturated carbocycles. The average molecular weight is 250 g/mol. The highest BCUT2D eigenvalue weighted by molar-refractivity contribution is 5.82. The van der Waals surface area contributed by atoms with Crippen molar-refractivity contribution in [2.45, 2.75) is 32.9 Å². The Balaban J connectivity index is 2.16. The van der Waals surface area contributed by atoms with Gasteiger partial charge >= 0.3 is 0 Å². The number of rotatable bonds is 5. The molecule has 0 saturated heterocycles. The summed E-state index contributed by atoms with van der Waals surface area (Å²) in [6.07, 6.45) is 0.925. The minimum absolute atomic E-state index is 0.234. The fourth-order valence-corrected chi connectivity index (χ4v) is 2.03. The molecule has 0 aliphatic carbocycles. The molecule has 3 N–H and O–H groups in total. The predicted molar refractivity (Wildman–Crippen MR) is 70.9 cm³/mol. The number of fused-ring (bicyclic) bond motifs is 1. The topological polar surface area (TPSA) is 51.2 Å². The molecule has 1 unspecified atom stereocenters. The molecule has 0 spiro atoms. The highest BCUT2D eigenvalue weighted by Crippen LogP contribution is 2.25. The highest BCUT2D eigenvalue weighted by Gasteiger charge is 2.11. The summed E-state index contributed by atoms with van der Waals surface area (Å²) in [5.74, 6) is 0.627. The molecular formula is C14H19FN2O. The van der Waals surface area contributed by atoms with E-state index in [9.17, 15) is 4.39 Å². The van der Waals surface area contributed by atoms with Crippen LogP contribution in [0.4, 0.5) is 4.39 Å². The lowest BCUT2D eigenvalue weighted by Crippen LogP contribution is -2.27. The molecule has 0 bridgehead atoms. The van der Waals surface area contributed by atoms with Gasteiger partial charge in [-0.15, -0.1) is 0 Å². The molecule has 0 fully saturated rings. The maximum Gasteiger partial charge on any atom is 0.134 e. The first-order valence-electron chi connectivity index (χ1n) is 6.22. The van der Waals surface area contributed by atoms with E-state index in [1.54, 1.807) is 6.07 Å². The molecule has 1 aromatic carbocycles. The third-order valence-electron chi connectivity index (χ3n) is 3.21. The third kappa shape index (κ3) is 2.71. The van der Waals surface area contributed by atoms with Crippen LogP contribution in [-0.4, -0.2) is 12.6 Å². The molecule has 0 radical (unpaired) electrons. The summed E-state index contributed by atoms with van der Waals surface area (Å²) >= 11 is 0. The first kappa shape index (κ1) is 13.1. The van der Waals surface area contributed by atoms with Crippen LogP contribution in [0.1, 0.15) is 24.7 Å². The van der Waals surface area contributed by atoms with Crippen LogP contribution in [-0.2, 0) is 6.54 Å². The molecule has 98 valence electrons. The van der Waals surface area contributed by atoms with Crippen LogP contribution in [0.2, 0.25) is 0 Å². The van der Waals surface area contributed by atoms with Gasteiger partial charge in [-0.05, 0) is 50.6 Å². The zero-order chi connectivity index (χ0) is 13.1. The van der Waals surface area contributed by atoms with Crippen LogP contribution in [0.15, 0.2) is 22.6 Å². The second kappa shape index (κ2) is 5.50. The number of halogens is 1. The molecule has 0 amide bonds. The Morgan fingerprint density at radius 3 is 2.94 bits per heavy atom. The van der Waals surface area contributed by atoms with Gasteiger partial charge in [0, 0.05) is 11.4 Å². The SMILES string of the molecule is Cc1c(CNC(C)CCN)oc2ccc(F)cc12. The van der Waals surface area contributed by atoms with Crippen molar-refractivity contribution in [2.75, 3.05) is 6.54 Å². The zero-order valence-electron chi connectivity index (χ0n) is 10.8. The zero-order valence-corrected chi connectivity index (χ0v) is 10.8. The Kier molecular flexibility index (Phi) is 3.99. The highest BCUT2D eigenvalue weighted by atomic mass is 19.1. The Labute approximate surface area is 106 Å².